The second-order valence-corrected chi connectivity index (χ2v) is 13.8. The molecule has 1 saturated carbocycles. The van der Waals surface area contributed by atoms with Crippen molar-refractivity contribution < 1.29 is 31.2 Å². The highest BCUT2D eigenvalue weighted by Gasteiger charge is 2.37. The third-order valence-corrected chi connectivity index (χ3v) is 9.35. The predicted molar refractivity (Wildman–Crippen MR) is 169 cm³/mol. The fourth-order valence-electron chi connectivity index (χ4n) is 5.60. The van der Waals surface area contributed by atoms with E-state index in [-0.39, 0.29) is 30.6 Å². The minimum absolute atomic E-state index is 0.0257. The van der Waals surface area contributed by atoms with E-state index in [1.807, 2.05) is 55.5 Å². The average molecular weight is 664 g/mol. The zero-order valence-corrected chi connectivity index (χ0v) is 26.8. The van der Waals surface area contributed by atoms with E-state index in [2.05, 4.69) is 5.32 Å². The lowest BCUT2D eigenvalue weighted by molar-refractivity contribution is -0.140. The van der Waals surface area contributed by atoms with E-state index in [4.69, 9.17) is 11.6 Å². The van der Waals surface area contributed by atoms with Gasteiger partial charge in [-0.05, 0) is 49.1 Å². The smallest absolute Gasteiger partial charge is 0.352 e. The highest BCUT2D eigenvalue weighted by molar-refractivity contribution is 7.92. The first-order valence-corrected chi connectivity index (χ1v) is 17.0. The Morgan fingerprint density at radius 1 is 0.956 bits per heavy atom. The Morgan fingerprint density at radius 3 is 2.24 bits per heavy atom. The molecule has 0 aliphatic heterocycles. The molecule has 1 N–H and O–H groups in total. The van der Waals surface area contributed by atoms with Crippen molar-refractivity contribution in [3.8, 4) is 0 Å². The number of sulfonamides is 1. The number of carbonyl (C=O) groups is 2. The summed E-state index contributed by atoms with van der Waals surface area (Å²) in [5.74, 6) is -1.12. The van der Waals surface area contributed by atoms with E-state index < -0.39 is 45.3 Å². The van der Waals surface area contributed by atoms with Gasteiger partial charge in [-0.1, -0.05) is 91.0 Å². The molecule has 1 fully saturated rings. The molecule has 242 valence electrons. The Balaban J connectivity index is 1.76. The first-order chi connectivity index (χ1) is 21.2. The van der Waals surface area contributed by atoms with Crippen LogP contribution in [0.1, 0.15) is 54.4 Å². The molecule has 12 heteroatoms. The van der Waals surface area contributed by atoms with Crippen molar-refractivity contribution in [2.24, 2.45) is 0 Å². The molecule has 1 unspecified atom stereocenters. The van der Waals surface area contributed by atoms with Gasteiger partial charge in [0.15, 0.2) is 0 Å². The Hall–Kier alpha value is -3.57. The van der Waals surface area contributed by atoms with Crippen LogP contribution in [0.15, 0.2) is 72.8 Å². The molecule has 2 amide bonds. The van der Waals surface area contributed by atoms with Gasteiger partial charge >= 0.3 is 6.18 Å². The number of nitrogens with one attached hydrogen (secondary N) is 1. The number of benzene rings is 3. The molecule has 0 spiro atoms. The predicted octanol–water partition coefficient (Wildman–Crippen LogP) is 6.52. The number of nitrogens with zero attached hydrogens (tertiary/aromatic N) is 2. The van der Waals surface area contributed by atoms with Crippen molar-refractivity contribution in [2.45, 2.75) is 70.3 Å². The van der Waals surface area contributed by atoms with Gasteiger partial charge < -0.3 is 10.2 Å². The maximum absolute atomic E-state index is 14.2. The average Bonchev–Trinajstić information content (AvgIpc) is 2.98. The fraction of sp³-hybridized carbons (Fsp3) is 0.394. The molecular weight excluding hydrogens is 627 g/mol. The van der Waals surface area contributed by atoms with Crippen molar-refractivity contribution in [3.05, 3.63) is 100 Å². The number of carbonyl (C=O) groups excluding carboxylic acids is 2. The van der Waals surface area contributed by atoms with Gasteiger partial charge in [-0.2, -0.15) is 13.2 Å². The number of aryl methyl sites for hydroxylation is 1. The van der Waals surface area contributed by atoms with Gasteiger partial charge in [-0.3, -0.25) is 13.9 Å². The summed E-state index contributed by atoms with van der Waals surface area (Å²) < 4.78 is 67.6. The molecule has 0 aromatic heterocycles. The fourth-order valence-corrected chi connectivity index (χ4v) is 6.67. The van der Waals surface area contributed by atoms with Crippen LogP contribution in [0, 0.1) is 6.92 Å². The number of rotatable bonds is 11. The van der Waals surface area contributed by atoms with Crippen LogP contribution >= 0.6 is 11.6 Å². The van der Waals surface area contributed by atoms with Gasteiger partial charge in [-0.15, -0.1) is 0 Å². The summed E-state index contributed by atoms with van der Waals surface area (Å²) in [4.78, 5) is 29.6. The number of alkyl halides is 3. The van der Waals surface area contributed by atoms with E-state index in [1.165, 1.54) is 4.90 Å². The number of hydrogen-bond donors (Lipinski definition) is 1. The maximum Gasteiger partial charge on any atom is 0.417 e. The van der Waals surface area contributed by atoms with Gasteiger partial charge in [0.25, 0.3) is 0 Å². The Morgan fingerprint density at radius 2 is 1.62 bits per heavy atom. The summed E-state index contributed by atoms with van der Waals surface area (Å²) in [7, 11) is -4.25. The number of amides is 2. The molecule has 0 radical (unpaired) electrons. The number of anilines is 1. The first-order valence-electron chi connectivity index (χ1n) is 14.8. The highest BCUT2D eigenvalue weighted by atomic mass is 35.5. The highest BCUT2D eigenvalue weighted by Crippen LogP contribution is 2.37. The van der Waals surface area contributed by atoms with Gasteiger partial charge in [0.1, 0.15) is 12.6 Å². The van der Waals surface area contributed by atoms with Crippen molar-refractivity contribution in [3.63, 3.8) is 0 Å². The molecule has 3 aromatic carbocycles. The molecule has 7 nitrogen and oxygen atoms in total. The largest absolute Gasteiger partial charge is 0.417 e. The Kier molecular flexibility index (Phi) is 11.2. The second kappa shape index (κ2) is 14.7. The zero-order chi connectivity index (χ0) is 32.8. The monoisotopic (exact) mass is 663 g/mol. The summed E-state index contributed by atoms with van der Waals surface area (Å²) in [5.41, 5.74) is 0.821. The third kappa shape index (κ3) is 9.46. The maximum atomic E-state index is 14.2. The second-order valence-electron chi connectivity index (χ2n) is 11.5. The van der Waals surface area contributed by atoms with E-state index >= 15 is 0 Å². The van der Waals surface area contributed by atoms with E-state index in [1.54, 1.807) is 6.07 Å². The van der Waals surface area contributed by atoms with Crippen molar-refractivity contribution >= 4 is 39.1 Å². The minimum Gasteiger partial charge on any atom is -0.352 e. The lowest BCUT2D eigenvalue weighted by Crippen LogP contribution is -2.55. The van der Waals surface area contributed by atoms with Gasteiger partial charge in [0.05, 0.1) is 22.5 Å². The standard InChI is InChI=1S/C33H37ClF3N3O4S/c1-23-10-9-13-25(18-23)21-39(30(19-24-11-5-3-6-12-24)32(42)38-26-14-7-4-8-15-26)31(41)22-40(45(2,43)44)27-16-17-29(34)28(20-27)33(35,36)37/h3,5-6,9-13,16-18,20,26,30H,4,7-8,14-15,19,21-22H2,1-2H3,(H,38,42). The topological polar surface area (TPSA) is 86.8 Å². The lowest BCUT2D eigenvalue weighted by Gasteiger charge is -2.35. The summed E-state index contributed by atoms with van der Waals surface area (Å²) in [5, 5.41) is 2.51. The minimum atomic E-state index is -4.85. The van der Waals surface area contributed by atoms with Gasteiger partial charge in [0, 0.05) is 19.0 Å². The quantitative estimate of drug-likeness (QED) is 0.253. The SMILES string of the molecule is Cc1cccc(CN(C(=O)CN(c2ccc(Cl)c(C(F)(F)F)c2)S(C)(=O)=O)C(Cc2ccccc2)C(=O)NC2CCCCC2)c1. The zero-order valence-electron chi connectivity index (χ0n) is 25.2. The van der Waals surface area contributed by atoms with Crippen molar-refractivity contribution in [2.75, 3.05) is 17.1 Å². The molecule has 1 aliphatic carbocycles. The molecule has 0 heterocycles. The van der Waals surface area contributed by atoms with Crippen LogP contribution in [-0.2, 0) is 38.8 Å². The third-order valence-electron chi connectivity index (χ3n) is 7.88. The lowest BCUT2D eigenvalue weighted by atomic mass is 9.94. The first kappa shape index (κ1) is 34.3. The van der Waals surface area contributed by atoms with Crippen LogP contribution in [0.25, 0.3) is 0 Å². The van der Waals surface area contributed by atoms with E-state index in [0.29, 0.717) is 15.9 Å². The normalized spacial score (nSPS) is 14.9. The molecule has 0 saturated heterocycles. The van der Waals surface area contributed by atoms with Crippen LogP contribution < -0.4 is 9.62 Å². The Labute approximate surface area is 267 Å². The molecule has 3 aromatic rings. The molecular formula is C33H37ClF3N3O4S. The van der Waals surface area contributed by atoms with Crippen LogP contribution in [0.5, 0.6) is 0 Å². The molecule has 45 heavy (non-hydrogen) atoms. The molecule has 4 rings (SSSR count). The van der Waals surface area contributed by atoms with Crippen molar-refractivity contribution in [1.29, 1.82) is 0 Å². The van der Waals surface area contributed by atoms with E-state index in [0.717, 1.165) is 61.6 Å². The Bertz CT molecular complexity index is 1600. The molecule has 1 aliphatic rings. The summed E-state index contributed by atoms with van der Waals surface area (Å²) in [6.45, 7) is 1.03. The molecule has 1 atom stereocenters. The van der Waals surface area contributed by atoms with Crippen LogP contribution in [-0.4, -0.2) is 50.0 Å². The van der Waals surface area contributed by atoms with E-state index in [9.17, 15) is 31.2 Å². The summed E-state index contributed by atoms with van der Waals surface area (Å²) in [6, 6.07) is 18.1. The summed E-state index contributed by atoms with van der Waals surface area (Å²) in [6.07, 6.45) is 0.773. The van der Waals surface area contributed by atoms with Gasteiger partial charge in [-0.25, -0.2) is 8.42 Å². The van der Waals surface area contributed by atoms with Crippen LogP contribution in [0.4, 0.5) is 18.9 Å². The number of hydrogen-bond acceptors (Lipinski definition) is 4. The summed E-state index contributed by atoms with van der Waals surface area (Å²) >= 11 is 5.78. The molecule has 0 bridgehead atoms. The van der Waals surface area contributed by atoms with Gasteiger partial charge in [0.2, 0.25) is 21.8 Å². The van der Waals surface area contributed by atoms with Crippen LogP contribution in [0.3, 0.4) is 0 Å². The number of halogens is 4. The van der Waals surface area contributed by atoms with Crippen molar-refractivity contribution in [1.82, 2.24) is 10.2 Å². The van der Waals surface area contributed by atoms with Crippen LogP contribution in [0.2, 0.25) is 5.02 Å².